The predicted molar refractivity (Wildman–Crippen MR) is 136 cm³/mol. The van der Waals surface area contributed by atoms with Crippen molar-refractivity contribution in [3.63, 3.8) is 0 Å². The molecule has 1 aliphatic rings. The molecular formula is C30H33NO2. The van der Waals surface area contributed by atoms with Gasteiger partial charge in [-0.3, -0.25) is 0 Å². The molecule has 170 valence electrons. The molecule has 33 heavy (non-hydrogen) atoms. The van der Waals surface area contributed by atoms with E-state index in [0.29, 0.717) is 6.42 Å². The van der Waals surface area contributed by atoms with Gasteiger partial charge in [0.1, 0.15) is 0 Å². The maximum Gasteiger partial charge on any atom is 0.331 e. The van der Waals surface area contributed by atoms with Crippen LogP contribution in [-0.4, -0.2) is 11.7 Å². The van der Waals surface area contributed by atoms with Crippen molar-refractivity contribution in [2.45, 2.75) is 65.2 Å². The molecule has 3 nitrogen and oxygen atoms in total. The zero-order valence-electron chi connectivity index (χ0n) is 20.2. The molecular weight excluding hydrogens is 406 g/mol. The van der Waals surface area contributed by atoms with Gasteiger partial charge >= 0.3 is 5.97 Å². The molecule has 0 heterocycles. The Bertz CT molecular complexity index is 1190. The van der Waals surface area contributed by atoms with E-state index in [2.05, 4.69) is 74.5 Å². The topological polar surface area (TPSA) is 38.7 Å². The van der Waals surface area contributed by atoms with Crippen molar-refractivity contribution in [3.8, 4) is 11.1 Å². The molecule has 0 amide bonds. The second-order valence-electron chi connectivity index (χ2n) is 9.12. The van der Waals surface area contributed by atoms with Gasteiger partial charge in [-0.15, -0.1) is 0 Å². The van der Waals surface area contributed by atoms with Gasteiger partial charge in [-0.25, -0.2) is 4.79 Å². The Kier molecular flexibility index (Phi) is 6.78. The van der Waals surface area contributed by atoms with Crippen LogP contribution in [0.2, 0.25) is 0 Å². The number of benzene rings is 3. The molecule has 0 unspecified atom stereocenters. The summed E-state index contributed by atoms with van der Waals surface area (Å²) < 4.78 is 0. The van der Waals surface area contributed by atoms with Crippen molar-refractivity contribution in [3.05, 3.63) is 94.5 Å². The third-order valence-electron chi connectivity index (χ3n) is 6.80. The van der Waals surface area contributed by atoms with Gasteiger partial charge < -0.3 is 4.84 Å². The SMILES string of the molecule is CCCC1(CCC)c2ccccc2-c2ccc(C/C(=N/OC(C)=O)c3ccccc3C)cc21. The highest BCUT2D eigenvalue weighted by Gasteiger charge is 2.41. The van der Waals surface area contributed by atoms with Gasteiger partial charge in [0.05, 0.1) is 5.71 Å². The van der Waals surface area contributed by atoms with Crippen molar-refractivity contribution in [2.75, 3.05) is 0 Å². The number of aryl methyl sites for hydroxylation is 1. The summed E-state index contributed by atoms with van der Waals surface area (Å²) in [5, 5.41) is 4.26. The molecule has 0 bridgehead atoms. The Morgan fingerprint density at radius 2 is 1.55 bits per heavy atom. The number of carbonyl (C=O) groups excluding carboxylic acids is 1. The standard InChI is InChI=1S/C30H33NO2/c1-5-17-30(18-6-2)27-14-10-9-13-25(27)26-16-15-23(19-28(26)30)20-29(31-33-22(4)32)24-12-8-7-11-21(24)3/h7-16,19H,5-6,17-18,20H2,1-4H3/b31-29-. The van der Waals surface area contributed by atoms with Gasteiger partial charge in [-0.05, 0) is 53.1 Å². The van der Waals surface area contributed by atoms with Gasteiger partial charge in [0, 0.05) is 24.3 Å². The lowest BCUT2D eigenvalue weighted by atomic mass is 9.71. The first kappa shape index (κ1) is 23.0. The van der Waals surface area contributed by atoms with E-state index in [1.807, 2.05) is 18.2 Å². The Labute approximate surface area is 197 Å². The Morgan fingerprint density at radius 3 is 2.24 bits per heavy atom. The van der Waals surface area contributed by atoms with Gasteiger partial charge in [-0.1, -0.05) is 98.6 Å². The van der Waals surface area contributed by atoms with Crippen LogP contribution in [0.4, 0.5) is 0 Å². The molecule has 0 aliphatic heterocycles. The van der Waals surface area contributed by atoms with Gasteiger partial charge in [0.2, 0.25) is 0 Å². The zero-order valence-corrected chi connectivity index (χ0v) is 20.2. The summed E-state index contributed by atoms with van der Waals surface area (Å²) in [6.45, 7) is 8.01. The van der Waals surface area contributed by atoms with Crippen LogP contribution in [0.1, 0.15) is 74.3 Å². The number of hydrogen-bond acceptors (Lipinski definition) is 3. The van der Waals surface area contributed by atoms with E-state index in [9.17, 15) is 4.79 Å². The zero-order chi connectivity index (χ0) is 23.4. The highest BCUT2D eigenvalue weighted by Crippen LogP contribution is 2.53. The molecule has 0 radical (unpaired) electrons. The number of nitrogens with zero attached hydrogens (tertiary/aromatic N) is 1. The third-order valence-corrected chi connectivity index (χ3v) is 6.80. The largest absolute Gasteiger partial charge is 0.331 e. The minimum atomic E-state index is -0.407. The van der Waals surface area contributed by atoms with Crippen molar-refractivity contribution in [1.82, 2.24) is 0 Å². The normalized spacial score (nSPS) is 14.0. The summed E-state index contributed by atoms with van der Waals surface area (Å²) in [6.07, 6.45) is 5.16. The van der Waals surface area contributed by atoms with E-state index in [1.54, 1.807) is 0 Å². The highest BCUT2D eigenvalue weighted by atomic mass is 16.7. The maximum atomic E-state index is 11.5. The molecule has 0 atom stereocenters. The fourth-order valence-corrected chi connectivity index (χ4v) is 5.52. The minimum Gasteiger partial charge on any atom is -0.318 e. The van der Waals surface area contributed by atoms with Crippen molar-refractivity contribution in [2.24, 2.45) is 5.16 Å². The molecule has 0 N–H and O–H groups in total. The molecule has 0 spiro atoms. The minimum absolute atomic E-state index is 0.0568. The van der Waals surface area contributed by atoms with Crippen LogP contribution >= 0.6 is 0 Å². The van der Waals surface area contributed by atoms with Gasteiger partial charge in [-0.2, -0.15) is 0 Å². The second-order valence-corrected chi connectivity index (χ2v) is 9.12. The lowest BCUT2D eigenvalue weighted by Gasteiger charge is -2.32. The molecule has 3 aromatic carbocycles. The average Bonchev–Trinajstić information content (AvgIpc) is 3.07. The van der Waals surface area contributed by atoms with E-state index in [0.717, 1.165) is 42.5 Å². The average molecular weight is 440 g/mol. The van der Waals surface area contributed by atoms with Crippen molar-refractivity contribution < 1.29 is 9.63 Å². The Morgan fingerprint density at radius 1 is 0.879 bits per heavy atom. The van der Waals surface area contributed by atoms with Gasteiger partial charge in [0.15, 0.2) is 0 Å². The predicted octanol–water partition coefficient (Wildman–Crippen LogP) is 7.37. The van der Waals surface area contributed by atoms with Crippen LogP contribution in [0.15, 0.2) is 71.9 Å². The molecule has 0 aromatic heterocycles. The summed E-state index contributed by atoms with van der Waals surface area (Å²) in [7, 11) is 0. The third kappa shape index (κ3) is 4.37. The fraction of sp³-hybridized carbons (Fsp3) is 0.333. The maximum absolute atomic E-state index is 11.5. The Hall–Kier alpha value is -3.20. The molecule has 3 heteroatoms. The fourth-order valence-electron chi connectivity index (χ4n) is 5.52. The first-order valence-electron chi connectivity index (χ1n) is 12.0. The summed E-state index contributed by atoms with van der Waals surface area (Å²) in [4.78, 5) is 16.6. The van der Waals surface area contributed by atoms with E-state index in [4.69, 9.17) is 4.84 Å². The summed E-state index contributed by atoms with van der Waals surface area (Å²) in [6, 6.07) is 23.9. The summed E-state index contributed by atoms with van der Waals surface area (Å²) >= 11 is 0. The van der Waals surface area contributed by atoms with Crippen LogP contribution < -0.4 is 0 Å². The van der Waals surface area contributed by atoms with E-state index >= 15 is 0 Å². The summed E-state index contributed by atoms with van der Waals surface area (Å²) in [5.41, 5.74) is 9.76. The van der Waals surface area contributed by atoms with Crippen LogP contribution in [0.25, 0.3) is 11.1 Å². The number of fused-ring (bicyclic) bond motifs is 3. The monoisotopic (exact) mass is 439 g/mol. The lowest BCUT2D eigenvalue weighted by molar-refractivity contribution is -0.140. The van der Waals surface area contributed by atoms with E-state index in [1.165, 1.54) is 34.7 Å². The van der Waals surface area contributed by atoms with Crippen LogP contribution in [0, 0.1) is 6.92 Å². The number of carbonyl (C=O) groups is 1. The quantitative estimate of drug-likeness (QED) is 0.209. The number of hydrogen-bond donors (Lipinski definition) is 0. The molecule has 0 saturated carbocycles. The Balaban J connectivity index is 1.80. The number of rotatable bonds is 8. The lowest BCUT2D eigenvalue weighted by Crippen LogP contribution is -2.25. The smallest absolute Gasteiger partial charge is 0.318 e. The molecule has 1 aliphatic carbocycles. The number of oxime groups is 1. The molecule has 4 rings (SSSR count). The molecule has 0 fully saturated rings. The summed E-state index contributed by atoms with van der Waals surface area (Å²) in [5.74, 6) is -0.407. The highest BCUT2D eigenvalue weighted by molar-refractivity contribution is 6.03. The first-order chi connectivity index (χ1) is 16.0. The second kappa shape index (κ2) is 9.74. The van der Waals surface area contributed by atoms with Crippen molar-refractivity contribution >= 4 is 11.7 Å². The molecule has 3 aromatic rings. The van der Waals surface area contributed by atoms with E-state index in [-0.39, 0.29) is 5.41 Å². The van der Waals surface area contributed by atoms with Crippen molar-refractivity contribution in [1.29, 1.82) is 0 Å². The first-order valence-corrected chi connectivity index (χ1v) is 12.0. The molecule has 0 saturated heterocycles. The van der Waals surface area contributed by atoms with Crippen LogP contribution in [0.5, 0.6) is 0 Å². The van der Waals surface area contributed by atoms with E-state index < -0.39 is 5.97 Å². The van der Waals surface area contributed by atoms with Crippen LogP contribution in [0.3, 0.4) is 0 Å². The van der Waals surface area contributed by atoms with Gasteiger partial charge in [0.25, 0.3) is 0 Å². The van der Waals surface area contributed by atoms with Crippen LogP contribution in [-0.2, 0) is 21.5 Å².